The first-order chi connectivity index (χ1) is 53.9. The topological polar surface area (TPSA) is 444 Å². The molecule has 0 radical (unpaired) electrons. The van der Waals surface area contributed by atoms with Gasteiger partial charge in [0.25, 0.3) is 0 Å². The number of esters is 6. The molecule has 4 saturated heterocycles. The third-order valence-corrected chi connectivity index (χ3v) is 18.4. The molecule has 6 aromatic rings. The Morgan fingerprint density at radius 2 is 0.692 bits per heavy atom. The molecular formula is C74H120Cl8N16O18Si2Sn2. The van der Waals surface area contributed by atoms with Crippen molar-refractivity contribution in [1.29, 1.82) is 0 Å². The van der Waals surface area contributed by atoms with Gasteiger partial charge in [-0.3, -0.25) is 28.3 Å². The Bertz CT molecular complexity index is 4140. The number of halogens is 8. The molecule has 4 fully saturated rings. The molecule has 0 saturated carbocycles. The summed E-state index contributed by atoms with van der Waals surface area (Å²) in [5.74, 6) is -0.0555. The number of hydrogen-bond donors (Lipinski definition) is 4. The van der Waals surface area contributed by atoms with Gasteiger partial charge in [0.2, 0.25) is 36.4 Å². The number of aromatic nitrogens is 12. The third kappa shape index (κ3) is 43.8. The van der Waals surface area contributed by atoms with E-state index in [1.165, 1.54) is 62.1 Å². The van der Waals surface area contributed by atoms with Gasteiger partial charge in [0, 0.05) is 51.4 Å². The van der Waals surface area contributed by atoms with E-state index < -0.39 is 141 Å². The van der Waals surface area contributed by atoms with Gasteiger partial charge in [-0.15, -0.1) is 0 Å². The number of ether oxygens (including phenoxy) is 10. The third-order valence-electron chi connectivity index (χ3n) is 16.4. The normalized spacial score (nSPS) is 22.9. The summed E-state index contributed by atoms with van der Waals surface area (Å²) in [5, 5.41) is 0. The van der Waals surface area contributed by atoms with E-state index in [2.05, 4.69) is 99.1 Å². The van der Waals surface area contributed by atoms with Crippen LogP contribution in [0.3, 0.4) is 0 Å². The molecule has 4 aromatic heterocycles. The number of anilines is 4. The summed E-state index contributed by atoms with van der Waals surface area (Å²) in [7, 11) is 37.6. The SMILES string of the molecule is C.C.C.C.CC[C@H]1O[C@@H](OC(C)=O)C(OC(=O)c2ccccc2)[C@H]1C.CC[C@H]1O[C@@H](OC(C)=O)C(OC(C)=O)[C@H]1C.CC[C@H]1O[C@@H](n2cnc(N)nc2=O)C(OC(=O)c2ccccc2)[C@H]1C.CC[C@H]1O[C@@H](n2cnc(N)nc2=O)C(OC(C)=O)[C@H]1C.Cc1ncnc(N[Si](C)(C)C)n1.Cc1ncnc(N[Si](C)(C)C)n1.[Cl][Sn]([Cl])([Cl])[Cl].[Cl][Sn]([Cl])([Cl])[Cl]. The number of carbonyl (C=O) groups excluding carboxylic acids is 6. The van der Waals surface area contributed by atoms with Crippen LogP contribution in [-0.4, -0.2) is 200 Å². The van der Waals surface area contributed by atoms with E-state index in [-0.39, 0.29) is 89.7 Å². The number of benzene rings is 2. The molecule has 46 heteroatoms. The van der Waals surface area contributed by atoms with Crippen LogP contribution in [0.25, 0.3) is 0 Å². The van der Waals surface area contributed by atoms with Gasteiger partial charge < -0.3 is 68.8 Å². The van der Waals surface area contributed by atoms with E-state index in [1.54, 1.807) is 48.5 Å². The molecule has 4 aliphatic rings. The van der Waals surface area contributed by atoms with Crippen LogP contribution >= 0.6 is 71.4 Å². The Hall–Kier alpha value is -5.71. The molecule has 0 spiro atoms. The summed E-state index contributed by atoms with van der Waals surface area (Å²) in [4.78, 5) is 138. The van der Waals surface area contributed by atoms with Gasteiger partial charge in [0.1, 0.15) is 53.4 Å². The Balaban J connectivity index is 0. The van der Waals surface area contributed by atoms with Crippen molar-refractivity contribution >= 4 is 175 Å². The molecule has 2 aromatic carbocycles. The van der Waals surface area contributed by atoms with E-state index >= 15 is 0 Å². The van der Waals surface area contributed by atoms with Crippen LogP contribution in [0.5, 0.6) is 0 Å². The average molecular weight is 2100 g/mol. The van der Waals surface area contributed by atoms with Gasteiger partial charge in [-0.05, 0) is 63.8 Å². The Kier molecular flexibility index (Phi) is 53.9. The monoisotopic (exact) mass is 2100 g/mol. The number of carbonyl (C=O) groups is 6. The molecule has 676 valence electrons. The number of aryl methyl sites for hydroxylation is 2. The minimum absolute atomic E-state index is 0. The molecule has 6 N–H and O–H groups in total. The second kappa shape index (κ2) is 55.6. The van der Waals surface area contributed by atoms with Gasteiger partial charge >= 0.3 is 146 Å². The standard InChI is InChI=1S/C17H20N4O4.C16H20O5.C12H18N4O4.C11H18O5.2C7H14N4Si.4CH4.8ClH.2Sn/c1-3-12-10(2)13(25-15(22)11-7-5-4-6-8-11)14(24-12)21-9-19-16(18)20-17(21)23;1-4-13-10(2)14(16(20-13)19-11(3)17)21-15(18)12-8-6-5-7-9-12;1-4-8-6(2)9(19-7(3)17)10(20-8)16-5-14-11(13)15-12(16)18;1-5-9-6(2)10(14-7(3)12)11(16-9)15-8(4)13;2*1-6-8-5-9-7(10-6)11-12(2,3)4;;;;;;;;;;;;;;/h4-10,12-14H,3H2,1-2H3,(H2,18,20,23);5-10,13-14,16H,4H2,1-3H3;5-6,8-10H,4H2,1-3H3,(H2,13,15,18);6,9-11H,5H2,1-4H3;2*5H,1-4H3,(H,8,9,10,11);4*1H4;8*1H;;/q;;;;;;;;;;;;;;;;;;2*+4/p-8/t10-,12+,13?,14+;10-,13+,14?,16+;6-,8+,9?,10+;6-,9+,10?,11+;;;;;;;;;;;;;;;;/m0000................/s1. The van der Waals surface area contributed by atoms with E-state index in [4.69, 9.17) is 130 Å². The molecule has 34 nitrogen and oxygen atoms in total. The predicted octanol–water partition coefficient (Wildman–Crippen LogP) is 15.4. The minimum atomic E-state index is -3.29. The number of nitrogen functional groups attached to an aromatic ring is 2. The van der Waals surface area contributed by atoms with Gasteiger partial charge in [0.15, 0.2) is 36.9 Å². The predicted molar refractivity (Wildman–Crippen MR) is 479 cm³/mol. The van der Waals surface area contributed by atoms with Gasteiger partial charge in [-0.25, -0.2) is 49.1 Å². The quantitative estimate of drug-likeness (QED) is 0.0353. The first kappa shape index (κ1) is 116. The van der Waals surface area contributed by atoms with E-state index in [9.17, 15) is 38.4 Å². The van der Waals surface area contributed by atoms with Crippen molar-refractivity contribution in [3.63, 3.8) is 0 Å². The number of rotatable bonds is 18. The molecule has 16 atom stereocenters. The van der Waals surface area contributed by atoms with Crippen molar-refractivity contribution in [2.45, 2.75) is 265 Å². The van der Waals surface area contributed by atoms with Crippen LogP contribution in [-0.2, 0) is 66.5 Å². The Morgan fingerprint density at radius 3 is 0.967 bits per heavy atom. The maximum absolute atomic E-state index is 12.4. The number of nitrogens with one attached hydrogen (secondary N) is 2. The summed E-state index contributed by atoms with van der Waals surface area (Å²) in [6, 6.07) is 17.4. The van der Waals surface area contributed by atoms with E-state index in [0.717, 1.165) is 37.3 Å². The molecule has 0 amide bonds. The molecule has 0 bridgehead atoms. The summed E-state index contributed by atoms with van der Waals surface area (Å²) >= 11 is -6.58. The molecule has 8 heterocycles. The number of nitrogens with two attached hydrogens (primary N) is 2. The Morgan fingerprint density at radius 1 is 0.425 bits per heavy atom. The molecule has 4 aliphatic heterocycles. The van der Waals surface area contributed by atoms with Crippen LogP contribution in [0.1, 0.15) is 183 Å². The zero-order valence-corrected chi connectivity index (χ0v) is 81.8. The van der Waals surface area contributed by atoms with Gasteiger partial charge in [0.05, 0.1) is 35.5 Å². The Labute approximate surface area is 744 Å². The first-order valence-electron chi connectivity index (χ1n) is 36.5. The number of nitrogens with zero attached hydrogens (tertiary/aromatic N) is 12. The fraction of sp³-hybridized carbons (Fsp3) is 0.595. The molecule has 120 heavy (non-hydrogen) atoms. The van der Waals surface area contributed by atoms with E-state index in [0.29, 0.717) is 23.0 Å². The second-order valence-electron chi connectivity index (χ2n) is 28.3. The molecule has 10 rings (SSSR count). The fourth-order valence-corrected chi connectivity index (χ4v) is 13.0. The van der Waals surface area contributed by atoms with Crippen molar-refractivity contribution in [1.82, 2.24) is 59.0 Å². The first-order valence-corrected chi connectivity index (χ1v) is 72.4. The summed E-state index contributed by atoms with van der Waals surface area (Å²) in [5.41, 5.74) is 10.5. The van der Waals surface area contributed by atoms with Crippen molar-refractivity contribution in [3.05, 3.63) is 130 Å². The zero-order valence-electron chi connectivity index (χ0n) is 68.0. The van der Waals surface area contributed by atoms with Crippen LogP contribution < -0.4 is 32.8 Å². The molecular weight excluding hydrogens is 1980 g/mol. The van der Waals surface area contributed by atoms with Gasteiger partial charge in [-0.1, -0.05) is 161 Å². The van der Waals surface area contributed by atoms with Crippen LogP contribution in [0, 0.1) is 37.5 Å². The molecule has 0 aliphatic carbocycles. The van der Waals surface area contributed by atoms with Crippen molar-refractivity contribution < 1.29 is 76.1 Å². The fourth-order valence-electron chi connectivity index (χ4n) is 11.4. The summed E-state index contributed by atoms with van der Waals surface area (Å²) in [6.07, 6.45) is 2.80. The summed E-state index contributed by atoms with van der Waals surface area (Å²) < 4.78 is 57.1. The van der Waals surface area contributed by atoms with Gasteiger partial charge in [-0.2, -0.15) is 19.9 Å². The zero-order chi connectivity index (χ0) is 87.9. The maximum atomic E-state index is 12.4. The second-order valence-corrected chi connectivity index (χ2v) is 88.6. The summed E-state index contributed by atoms with van der Waals surface area (Å²) in [6.45, 7) is 37.8. The van der Waals surface area contributed by atoms with Crippen LogP contribution in [0.4, 0.5) is 23.8 Å². The molecule has 4 unspecified atom stereocenters. The average Bonchev–Trinajstić information content (AvgIpc) is 1.65. The number of hydrogen-bond acceptors (Lipinski definition) is 32. The van der Waals surface area contributed by atoms with Crippen LogP contribution in [0.15, 0.2) is 95.6 Å². The van der Waals surface area contributed by atoms with Crippen molar-refractivity contribution in [3.8, 4) is 0 Å². The van der Waals surface area contributed by atoms with Crippen molar-refractivity contribution in [2.75, 3.05) is 21.4 Å². The van der Waals surface area contributed by atoms with E-state index in [1.807, 2.05) is 81.4 Å². The van der Waals surface area contributed by atoms with Crippen LogP contribution in [0.2, 0.25) is 39.3 Å². The van der Waals surface area contributed by atoms with Crippen molar-refractivity contribution in [2.24, 2.45) is 23.7 Å².